The van der Waals surface area contributed by atoms with Gasteiger partial charge >= 0.3 is 12.1 Å². The lowest BCUT2D eigenvalue weighted by atomic mass is 9.73. The molecule has 1 heterocycles. The molecule has 8 nitrogen and oxygen atoms in total. The van der Waals surface area contributed by atoms with Gasteiger partial charge in [0.15, 0.2) is 0 Å². The fraction of sp³-hybridized carbons (Fsp3) is 0.394. The first-order valence-corrected chi connectivity index (χ1v) is 16.5. The SMILES string of the molecule is O=C(O)c1ccccc1S(=O)(=O)NCC1CCCN(CCCCC2(C(=O)NCC(F)(F)F)c3ccccc3-c3ccccc32)C1. The monoisotopic (exact) mass is 643 g/mol. The molecule has 1 aliphatic heterocycles. The highest BCUT2D eigenvalue weighted by molar-refractivity contribution is 7.89. The number of carbonyl (C=O) groups excluding carboxylic acids is 1. The predicted molar refractivity (Wildman–Crippen MR) is 163 cm³/mol. The van der Waals surface area contributed by atoms with E-state index in [9.17, 15) is 36.3 Å². The van der Waals surface area contributed by atoms with Gasteiger partial charge in [-0.2, -0.15) is 13.2 Å². The Kier molecular flexibility index (Phi) is 9.66. The van der Waals surface area contributed by atoms with Gasteiger partial charge in [0.25, 0.3) is 0 Å². The molecule has 3 aromatic carbocycles. The summed E-state index contributed by atoms with van der Waals surface area (Å²) in [7, 11) is -4.02. The third kappa shape index (κ3) is 7.08. The van der Waals surface area contributed by atoms with E-state index in [1.807, 2.05) is 36.4 Å². The molecule has 1 atom stereocenters. The molecule has 0 radical (unpaired) electrons. The molecule has 12 heteroatoms. The van der Waals surface area contributed by atoms with Gasteiger partial charge in [-0.3, -0.25) is 4.79 Å². The lowest BCUT2D eigenvalue weighted by Gasteiger charge is -2.34. The van der Waals surface area contributed by atoms with Crippen LogP contribution in [0.15, 0.2) is 77.7 Å². The summed E-state index contributed by atoms with van der Waals surface area (Å²) >= 11 is 0. The molecular weight excluding hydrogens is 607 g/mol. The number of rotatable bonds is 12. The van der Waals surface area contributed by atoms with Crippen LogP contribution in [0.5, 0.6) is 0 Å². The second-order valence-electron chi connectivity index (χ2n) is 11.7. The quantitative estimate of drug-likeness (QED) is 0.234. The predicted octanol–water partition coefficient (Wildman–Crippen LogP) is 5.19. The van der Waals surface area contributed by atoms with Crippen molar-refractivity contribution in [1.29, 1.82) is 0 Å². The number of fused-ring (bicyclic) bond motifs is 3. The smallest absolute Gasteiger partial charge is 0.405 e. The van der Waals surface area contributed by atoms with Crippen molar-refractivity contribution >= 4 is 21.9 Å². The first kappa shape index (κ1) is 32.6. The summed E-state index contributed by atoms with van der Waals surface area (Å²) in [5, 5.41) is 11.6. The van der Waals surface area contributed by atoms with E-state index in [0.29, 0.717) is 43.5 Å². The number of alkyl halides is 3. The number of benzene rings is 3. The highest BCUT2D eigenvalue weighted by Gasteiger charge is 2.49. The summed E-state index contributed by atoms with van der Waals surface area (Å²) < 4.78 is 67.8. The highest BCUT2D eigenvalue weighted by Crippen LogP contribution is 2.51. The molecular formula is C33H36F3N3O5S. The van der Waals surface area contributed by atoms with Crippen LogP contribution in [0.25, 0.3) is 11.1 Å². The van der Waals surface area contributed by atoms with Crippen molar-refractivity contribution in [3.8, 4) is 11.1 Å². The molecule has 0 aromatic heterocycles. The first-order chi connectivity index (χ1) is 21.4. The maximum absolute atomic E-state index is 13.7. The van der Waals surface area contributed by atoms with Gasteiger partial charge in [-0.15, -0.1) is 0 Å². The number of hydrogen-bond donors (Lipinski definition) is 3. The van der Waals surface area contributed by atoms with E-state index in [1.54, 1.807) is 12.1 Å². The van der Waals surface area contributed by atoms with E-state index in [2.05, 4.69) is 14.9 Å². The molecule has 1 fully saturated rings. The van der Waals surface area contributed by atoms with E-state index in [-0.39, 0.29) is 22.9 Å². The molecule has 1 aliphatic carbocycles. The third-order valence-corrected chi connectivity index (χ3v) is 10.2. The number of nitrogens with one attached hydrogen (secondary N) is 2. The lowest BCUT2D eigenvalue weighted by Crippen LogP contribution is -2.47. The Labute approximate surface area is 260 Å². The number of halogens is 3. The maximum Gasteiger partial charge on any atom is 0.405 e. The Morgan fingerprint density at radius 3 is 2.20 bits per heavy atom. The van der Waals surface area contributed by atoms with Crippen molar-refractivity contribution in [3.05, 3.63) is 89.5 Å². The number of amides is 1. The fourth-order valence-electron chi connectivity index (χ4n) is 6.71. The summed E-state index contributed by atoms with van der Waals surface area (Å²) in [5.41, 5.74) is 1.59. The van der Waals surface area contributed by atoms with Crippen molar-refractivity contribution in [2.45, 2.75) is 48.6 Å². The van der Waals surface area contributed by atoms with Crippen LogP contribution in [0, 0.1) is 5.92 Å². The van der Waals surface area contributed by atoms with E-state index in [0.717, 1.165) is 30.5 Å². The molecule has 45 heavy (non-hydrogen) atoms. The second-order valence-corrected chi connectivity index (χ2v) is 13.4. The van der Waals surface area contributed by atoms with Gasteiger partial charge < -0.3 is 15.3 Å². The van der Waals surface area contributed by atoms with Crippen molar-refractivity contribution in [2.24, 2.45) is 5.92 Å². The van der Waals surface area contributed by atoms with Gasteiger partial charge in [0.05, 0.1) is 10.5 Å². The van der Waals surface area contributed by atoms with Gasteiger partial charge in [0, 0.05) is 13.1 Å². The number of piperidine rings is 1. The summed E-state index contributed by atoms with van der Waals surface area (Å²) in [6, 6.07) is 20.3. The van der Waals surface area contributed by atoms with Gasteiger partial charge in [-0.25, -0.2) is 17.9 Å². The minimum absolute atomic E-state index is 0.0265. The van der Waals surface area contributed by atoms with Crippen LogP contribution < -0.4 is 10.0 Å². The number of unbranched alkanes of at least 4 members (excludes halogenated alkanes) is 1. The number of sulfonamides is 1. The molecule has 240 valence electrons. The van der Waals surface area contributed by atoms with Crippen LogP contribution >= 0.6 is 0 Å². The zero-order chi connectivity index (χ0) is 32.2. The van der Waals surface area contributed by atoms with Crippen LogP contribution in [0.4, 0.5) is 13.2 Å². The third-order valence-electron chi connectivity index (χ3n) is 8.75. The van der Waals surface area contributed by atoms with Gasteiger partial charge in [-0.05, 0) is 79.1 Å². The number of carboxylic acid groups (broad SMARTS) is 1. The largest absolute Gasteiger partial charge is 0.478 e. The minimum atomic E-state index is -4.53. The molecule has 3 N–H and O–H groups in total. The summed E-state index contributed by atoms with van der Waals surface area (Å²) in [5.74, 6) is -1.95. The Morgan fingerprint density at radius 1 is 0.933 bits per heavy atom. The van der Waals surface area contributed by atoms with Crippen molar-refractivity contribution in [2.75, 3.05) is 32.7 Å². The number of nitrogens with zero attached hydrogens (tertiary/aromatic N) is 1. The molecule has 1 saturated heterocycles. The van der Waals surface area contributed by atoms with Gasteiger partial charge in [0.2, 0.25) is 15.9 Å². The summed E-state index contributed by atoms with van der Waals surface area (Å²) in [6.07, 6.45) is -1.23. The van der Waals surface area contributed by atoms with Crippen molar-refractivity contribution in [3.63, 3.8) is 0 Å². The molecule has 2 aliphatic rings. The van der Waals surface area contributed by atoms with Crippen LogP contribution in [-0.2, 0) is 20.2 Å². The average Bonchev–Trinajstić information content (AvgIpc) is 3.31. The molecule has 5 rings (SSSR count). The number of likely N-dealkylation sites (tertiary alicyclic amines) is 1. The molecule has 0 bridgehead atoms. The summed E-state index contributed by atoms with van der Waals surface area (Å²) in [6.45, 7) is 0.927. The van der Waals surface area contributed by atoms with Crippen LogP contribution in [-0.4, -0.2) is 69.2 Å². The van der Waals surface area contributed by atoms with Crippen LogP contribution in [0.1, 0.15) is 53.6 Å². The number of carbonyl (C=O) groups is 2. The second kappa shape index (κ2) is 13.3. The zero-order valence-electron chi connectivity index (χ0n) is 24.6. The standard InChI is InChI=1S/C33H36F3N3O5S/c34-33(35,36)22-37-31(42)32(27-14-4-1-11-24(27)25-12-2-5-15-28(25)32)17-7-8-18-39-19-9-10-23(21-39)20-38-45(43,44)29-16-6-3-13-26(29)30(40)41/h1-6,11-16,23,38H,7-10,17-22H2,(H,37,42)(H,40,41). The number of carboxylic acids is 1. The normalized spacial score (nSPS) is 17.8. The Morgan fingerprint density at radius 2 is 1.56 bits per heavy atom. The van der Waals surface area contributed by atoms with Crippen molar-refractivity contribution < 1.29 is 36.3 Å². The van der Waals surface area contributed by atoms with E-state index in [4.69, 9.17) is 0 Å². The summed E-state index contributed by atoms with van der Waals surface area (Å²) in [4.78, 5) is 27.2. The zero-order valence-corrected chi connectivity index (χ0v) is 25.5. The number of hydrogen-bond acceptors (Lipinski definition) is 5. The first-order valence-electron chi connectivity index (χ1n) is 15.0. The van der Waals surface area contributed by atoms with Crippen LogP contribution in [0.3, 0.4) is 0 Å². The molecule has 1 amide bonds. The maximum atomic E-state index is 13.7. The topological polar surface area (TPSA) is 116 Å². The Balaban J connectivity index is 1.23. The molecule has 0 spiro atoms. The van der Waals surface area contributed by atoms with Crippen molar-refractivity contribution in [1.82, 2.24) is 14.9 Å². The Bertz CT molecular complexity index is 1620. The van der Waals surface area contributed by atoms with E-state index < -0.39 is 40.0 Å². The molecule has 1 unspecified atom stereocenters. The van der Waals surface area contributed by atoms with Gasteiger partial charge in [-0.1, -0.05) is 67.1 Å². The Hall–Kier alpha value is -3.74. The minimum Gasteiger partial charge on any atom is -0.478 e. The molecule has 0 saturated carbocycles. The molecule has 3 aromatic rings. The average molecular weight is 644 g/mol. The number of aromatic carboxylic acids is 1. The van der Waals surface area contributed by atoms with Crippen LogP contribution in [0.2, 0.25) is 0 Å². The highest BCUT2D eigenvalue weighted by atomic mass is 32.2. The fourth-order valence-corrected chi connectivity index (χ4v) is 8.03. The van der Waals surface area contributed by atoms with E-state index in [1.165, 1.54) is 24.3 Å². The lowest BCUT2D eigenvalue weighted by molar-refractivity contribution is -0.141. The van der Waals surface area contributed by atoms with Gasteiger partial charge in [0.1, 0.15) is 12.0 Å². The van der Waals surface area contributed by atoms with E-state index >= 15 is 0 Å².